The van der Waals surface area contributed by atoms with Crippen LogP contribution in [-0.4, -0.2) is 30.9 Å². The zero-order valence-corrected chi connectivity index (χ0v) is 14.0. The van der Waals surface area contributed by atoms with Crippen molar-refractivity contribution in [3.05, 3.63) is 71.3 Å². The number of rotatable bonds is 7. The molecule has 0 unspecified atom stereocenters. The Kier molecular flexibility index (Phi) is 6.71. The number of carbonyl (C=O) groups is 3. The normalized spacial score (nSPS) is 9.96. The molecule has 0 aromatic heterocycles. The maximum Gasteiger partial charge on any atom is 0.325 e. The van der Waals surface area contributed by atoms with Crippen molar-refractivity contribution < 1.29 is 19.1 Å². The summed E-state index contributed by atoms with van der Waals surface area (Å²) in [6.07, 6.45) is 0. The number of esters is 1. The minimum Gasteiger partial charge on any atom is -0.460 e. The second-order valence-electron chi connectivity index (χ2n) is 5.47. The smallest absolute Gasteiger partial charge is 0.325 e. The van der Waals surface area contributed by atoms with Gasteiger partial charge in [-0.15, -0.1) is 0 Å². The van der Waals surface area contributed by atoms with Gasteiger partial charge in [0.2, 0.25) is 5.91 Å². The molecular weight excluding hydrogens is 320 g/mol. The Hall–Kier alpha value is -3.15. The van der Waals surface area contributed by atoms with Gasteiger partial charge in [-0.05, 0) is 24.6 Å². The van der Waals surface area contributed by atoms with E-state index in [0.717, 1.165) is 11.1 Å². The van der Waals surface area contributed by atoms with Crippen LogP contribution in [0.5, 0.6) is 0 Å². The van der Waals surface area contributed by atoms with E-state index < -0.39 is 11.9 Å². The van der Waals surface area contributed by atoms with Crippen molar-refractivity contribution in [1.29, 1.82) is 0 Å². The van der Waals surface area contributed by atoms with E-state index in [1.807, 2.05) is 49.4 Å². The quantitative estimate of drug-likeness (QED) is 0.750. The van der Waals surface area contributed by atoms with Crippen molar-refractivity contribution in [3.8, 4) is 0 Å². The Morgan fingerprint density at radius 3 is 2.24 bits per heavy atom. The molecule has 130 valence electrons. The van der Waals surface area contributed by atoms with Crippen molar-refractivity contribution in [1.82, 2.24) is 10.6 Å². The van der Waals surface area contributed by atoms with Crippen molar-refractivity contribution in [2.24, 2.45) is 0 Å². The van der Waals surface area contributed by atoms with Gasteiger partial charge in [0, 0.05) is 5.56 Å². The molecule has 2 aromatic rings. The second-order valence-corrected chi connectivity index (χ2v) is 5.47. The molecule has 0 aliphatic carbocycles. The lowest BCUT2D eigenvalue weighted by Crippen LogP contribution is -2.39. The van der Waals surface area contributed by atoms with Crippen molar-refractivity contribution in [2.75, 3.05) is 13.1 Å². The lowest BCUT2D eigenvalue weighted by Gasteiger charge is -2.08. The Morgan fingerprint density at radius 1 is 0.880 bits per heavy atom. The molecule has 2 N–H and O–H groups in total. The summed E-state index contributed by atoms with van der Waals surface area (Å²) in [6, 6.07) is 16.3. The van der Waals surface area contributed by atoms with E-state index >= 15 is 0 Å². The zero-order valence-electron chi connectivity index (χ0n) is 14.0. The van der Waals surface area contributed by atoms with E-state index in [-0.39, 0.29) is 25.6 Å². The van der Waals surface area contributed by atoms with Gasteiger partial charge in [-0.25, -0.2) is 0 Å². The molecular formula is C19H20N2O4. The maximum atomic E-state index is 11.9. The molecule has 25 heavy (non-hydrogen) atoms. The molecule has 0 saturated heterocycles. The van der Waals surface area contributed by atoms with Crippen LogP contribution in [0.3, 0.4) is 0 Å². The number of aryl methyl sites for hydroxylation is 1. The Labute approximate surface area is 146 Å². The lowest BCUT2D eigenvalue weighted by molar-refractivity contribution is -0.145. The van der Waals surface area contributed by atoms with Crippen LogP contribution >= 0.6 is 0 Å². The molecule has 0 radical (unpaired) electrons. The molecule has 0 saturated carbocycles. The van der Waals surface area contributed by atoms with Gasteiger partial charge >= 0.3 is 5.97 Å². The molecule has 2 aromatic carbocycles. The highest BCUT2D eigenvalue weighted by atomic mass is 16.5. The fraction of sp³-hybridized carbons (Fsp3) is 0.211. The highest BCUT2D eigenvalue weighted by Gasteiger charge is 2.10. The van der Waals surface area contributed by atoms with E-state index in [0.29, 0.717) is 5.56 Å². The van der Waals surface area contributed by atoms with Gasteiger partial charge in [0.15, 0.2) is 0 Å². The number of carbonyl (C=O) groups excluding carboxylic acids is 3. The number of ether oxygens (including phenoxy) is 1. The van der Waals surface area contributed by atoms with Gasteiger partial charge in [0.05, 0.1) is 6.54 Å². The molecule has 2 amide bonds. The molecule has 0 heterocycles. The Balaban J connectivity index is 1.65. The van der Waals surface area contributed by atoms with E-state index in [9.17, 15) is 14.4 Å². The zero-order chi connectivity index (χ0) is 18.1. The van der Waals surface area contributed by atoms with Crippen LogP contribution in [0.4, 0.5) is 0 Å². The van der Waals surface area contributed by atoms with E-state index in [2.05, 4.69) is 10.6 Å². The molecule has 2 rings (SSSR count). The highest BCUT2D eigenvalue weighted by molar-refractivity contribution is 5.96. The SMILES string of the molecule is Cc1ccc(C(=O)NCC(=O)NCC(=O)OCc2ccccc2)cc1. The first-order valence-corrected chi connectivity index (χ1v) is 7.85. The fourth-order valence-corrected chi connectivity index (χ4v) is 1.99. The largest absolute Gasteiger partial charge is 0.460 e. The highest BCUT2D eigenvalue weighted by Crippen LogP contribution is 2.02. The molecule has 6 nitrogen and oxygen atoms in total. The first-order valence-electron chi connectivity index (χ1n) is 7.85. The van der Waals surface area contributed by atoms with Crippen LogP contribution in [0.1, 0.15) is 21.5 Å². The summed E-state index contributed by atoms with van der Waals surface area (Å²) in [6.45, 7) is 1.62. The summed E-state index contributed by atoms with van der Waals surface area (Å²) in [5, 5.41) is 4.90. The van der Waals surface area contributed by atoms with Gasteiger partial charge in [-0.2, -0.15) is 0 Å². The molecule has 0 atom stereocenters. The lowest BCUT2D eigenvalue weighted by atomic mass is 10.1. The van der Waals surface area contributed by atoms with E-state index in [4.69, 9.17) is 4.74 Å². The topological polar surface area (TPSA) is 84.5 Å². The van der Waals surface area contributed by atoms with Crippen molar-refractivity contribution in [3.63, 3.8) is 0 Å². The van der Waals surface area contributed by atoms with Gasteiger partial charge in [-0.3, -0.25) is 14.4 Å². The summed E-state index contributed by atoms with van der Waals surface area (Å²) in [5.74, 6) is -1.35. The number of amides is 2. The van der Waals surface area contributed by atoms with E-state index in [1.54, 1.807) is 12.1 Å². The number of nitrogens with one attached hydrogen (secondary N) is 2. The maximum absolute atomic E-state index is 11.9. The van der Waals surface area contributed by atoms with E-state index in [1.165, 1.54) is 0 Å². The third-order valence-electron chi connectivity index (χ3n) is 3.40. The first-order chi connectivity index (χ1) is 12.0. The predicted octanol–water partition coefficient (Wildman–Crippen LogP) is 1.58. The molecule has 0 aliphatic heterocycles. The summed E-state index contributed by atoms with van der Waals surface area (Å²) >= 11 is 0. The minimum atomic E-state index is -0.540. The fourth-order valence-electron chi connectivity index (χ4n) is 1.99. The number of hydrogen-bond acceptors (Lipinski definition) is 4. The van der Waals surface area contributed by atoms with Gasteiger partial charge in [0.1, 0.15) is 13.2 Å². The monoisotopic (exact) mass is 340 g/mol. The predicted molar refractivity (Wildman–Crippen MR) is 92.8 cm³/mol. The van der Waals surface area contributed by atoms with Crippen LogP contribution in [0.15, 0.2) is 54.6 Å². The van der Waals surface area contributed by atoms with Crippen molar-refractivity contribution in [2.45, 2.75) is 13.5 Å². The summed E-state index contributed by atoms with van der Waals surface area (Å²) in [4.78, 5) is 35.1. The molecule has 0 bridgehead atoms. The average Bonchev–Trinajstić information content (AvgIpc) is 2.64. The molecule has 0 fully saturated rings. The standard InChI is InChI=1S/C19H20N2O4/c1-14-7-9-16(10-8-14)19(24)21-11-17(22)20-12-18(23)25-13-15-5-3-2-4-6-15/h2-10H,11-13H2,1H3,(H,20,22)(H,21,24). The van der Waals surface area contributed by atoms with Crippen LogP contribution in [0.2, 0.25) is 0 Å². The van der Waals surface area contributed by atoms with Gasteiger partial charge < -0.3 is 15.4 Å². The molecule has 6 heteroatoms. The third-order valence-corrected chi connectivity index (χ3v) is 3.40. The van der Waals surface area contributed by atoms with Crippen LogP contribution in [0.25, 0.3) is 0 Å². The van der Waals surface area contributed by atoms with Crippen LogP contribution < -0.4 is 10.6 Å². The summed E-state index contributed by atoms with van der Waals surface area (Å²) in [5.41, 5.74) is 2.39. The Bertz CT molecular complexity index is 727. The third kappa shape index (κ3) is 6.47. The minimum absolute atomic E-state index is 0.152. The average molecular weight is 340 g/mol. The second kappa shape index (κ2) is 9.22. The molecule has 0 aliphatic rings. The Morgan fingerprint density at radius 2 is 1.56 bits per heavy atom. The van der Waals surface area contributed by atoms with Crippen LogP contribution in [-0.2, 0) is 20.9 Å². The van der Waals surface area contributed by atoms with Gasteiger partial charge in [0.25, 0.3) is 5.91 Å². The summed E-state index contributed by atoms with van der Waals surface area (Å²) in [7, 11) is 0. The van der Waals surface area contributed by atoms with Crippen molar-refractivity contribution >= 4 is 17.8 Å². The summed E-state index contributed by atoms with van der Waals surface area (Å²) < 4.78 is 5.04. The van der Waals surface area contributed by atoms with Crippen LogP contribution in [0, 0.1) is 6.92 Å². The first kappa shape index (κ1) is 18.2. The molecule has 0 spiro atoms. The number of hydrogen-bond donors (Lipinski definition) is 2. The van der Waals surface area contributed by atoms with Gasteiger partial charge in [-0.1, -0.05) is 48.0 Å². The number of benzene rings is 2.